The van der Waals surface area contributed by atoms with Gasteiger partial charge in [0.1, 0.15) is 11.3 Å². The maximum atomic E-state index is 6.63. The Bertz CT molecular complexity index is 1530. The highest BCUT2D eigenvalue weighted by atomic mass is 27.2. The molecule has 5 heteroatoms. The van der Waals surface area contributed by atoms with Crippen LogP contribution in [0.15, 0.2) is 128 Å². The monoisotopic (exact) mass is 482 g/mol. The molecule has 0 saturated carbocycles. The van der Waals surface area contributed by atoms with Crippen LogP contribution in [0.3, 0.4) is 0 Å². The van der Waals surface area contributed by atoms with Crippen LogP contribution in [0, 0.1) is 0 Å². The van der Waals surface area contributed by atoms with Gasteiger partial charge in [0.2, 0.25) is 0 Å². The van der Waals surface area contributed by atoms with E-state index in [4.69, 9.17) is 7.58 Å². The fraction of sp³-hybridized carbons (Fsp3) is 0.0323. The Hall–Kier alpha value is -4.17. The maximum Gasteiger partial charge on any atom is 0.861 e. The lowest BCUT2D eigenvalue weighted by Crippen LogP contribution is -2.33. The summed E-state index contributed by atoms with van der Waals surface area (Å²) >= 11 is -2.30. The summed E-state index contributed by atoms with van der Waals surface area (Å²) < 4.78 is 13.2. The SMILES string of the molecule is c1ccc(-c2ccc([O][Al]([CH2]c3cccc4cccnc34)[O]c3cccc4cccnc34)cc2)cc1. The molecule has 0 radical (unpaired) electrons. The van der Waals surface area contributed by atoms with Crippen molar-refractivity contribution in [3.05, 3.63) is 133 Å². The summed E-state index contributed by atoms with van der Waals surface area (Å²) in [6, 6.07) is 38.9. The fourth-order valence-electron chi connectivity index (χ4n) is 4.44. The third kappa shape index (κ3) is 4.81. The topological polar surface area (TPSA) is 44.2 Å². The van der Waals surface area contributed by atoms with Gasteiger partial charge in [-0.15, -0.1) is 0 Å². The molecule has 172 valence electrons. The number of para-hydroxylation sites is 2. The summed E-state index contributed by atoms with van der Waals surface area (Å²) in [6.07, 6.45) is 3.63. The van der Waals surface area contributed by atoms with Crippen molar-refractivity contribution in [1.82, 2.24) is 9.97 Å². The van der Waals surface area contributed by atoms with Crippen LogP contribution in [-0.4, -0.2) is 24.8 Å². The van der Waals surface area contributed by atoms with Gasteiger partial charge < -0.3 is 7.58 Å². The van der Waals surface area contributed by atoms with E-state index in [-0.39, 0.29) is 0 Å². The highest BCUT2D eigenvalue weighted by molar-refractivity contribution is 6.46. The lowest BCUT2D eigenvalue weighted by molar-refractivity contribution is 0.423. The second-order valence-corrected chi connectivity index (χ2v) is 10.3. The van der Waals surface area contributed by atoms with E-state index in [1.807, 2.05) is 72.9 Å². The molecule has 6 rings (SSSR count). The lowest BCUT2D eigenvalue weighted by Gasteiger charge is -2.18. The quantitative estimate of drug-likeness (QED) is 0.226. The molecule has 2 heterocycles. The molecule has 0 aliphatic heterocycles. The second kappa shape index (κ2) is 10.2. The minimum absolute atomic E-state index is 0.665. The van der Waals surface area contributed by atoms with Gasteiger partial charge in [-0.1, -0.05) is 84.9 Å². The Balaban J connectivity index is 1.33. The van der Waals surface area contributed by atoms with E-state index in [1.54, 1.807) is 6.20 Å². The molecule has 0 amide bonds. The minimum Gasteiger partial charge on any atom is -0.612 e. The van der Waals surface area contributed by atoms with E-state index < -0.39 is 14.8 Å². The van der Waals surface area contributed by atoms with Crippen LogP contribution in [0.25, 0.3) is 32.9 Å². The molecule has 4 nitrogen and oxygen atoms in total. The number of aromatic nitrogens is 2. The van der Waals surface area contributed by atoms with Gasteiger partial charge >= 0.3 is 14.8 Å². The molecule has 0 aliphatic rings. The van der Waals surface area contributed by atoms with Crippen molar-refractivity contribution >= 4 is 36.6 Å². The van der Waals surface area contributed by atoms with Crippen LogP contribution in [0.1, 0.15) is 5.56 Å². The Kier molecular flexibility index (Phi) is 6.33. The summed E-state index contributed by atoms with van der Waals surface area (Å²) in [4.78, 5) is 9.21. The zero-order valence-electron chi connectivity index (χ0n) is 19.6. The van der Waals surface area contributed by atoms with Crippen molar-refractivity contribution in [3.8, 4) is 22.6 Å². The standard InChI is InChI=1S/C12H10O.C10H8N.C9H7NO.Al/c13-12-8-6-11(7-9-12)10-4-2-1-3-5-10;1-8-4-2-5-9-6-3-7-11-10(8)9;11-8-5-1-3-7-4-2-6-10-9(7)8;/h1-9,13H;2-7H,1H2;1-6,11H;/q;;;+2/p-2. The van der Waals surface area contributed by atoms with Crippen molar-refractivity contribution in [1.29, 1.82) is 0 Å². The molecule has 0 saturated heterocycles. The summed E-state index contributed by atoms with van der Waals surface area (Å²) in [5.74, 6) is 1.55. The molecule has 0 spiro atoms. The van der Waals surface area contributed by atoms with Crippen LogP contribution in [0.4, 0.5) is 0 Å². The van der Waals surface area contributed by atoms with Gasteiger partial charge in [0, 0.05) is 28.4 Å². The van der Waals surface area contributed by atoms with Gasteiger partial charge in [-0.3, -0.25) is 9.97 Å². The van der Waals surface area contributed by atoms with Crippen molar-refractivity contribution in [2.24, 2.45) is 0 Å². The number of nitrogens with zero attached hydrogens (tertiary/aromatic N) is 2. The van der Waals surface area contributed by atoms with E-state index in [0.29, 0.717) is 5.28 Å². The molecule has 0 atom stereocenters. The zero-order chi connectivity index (χ0) is 24.2. The van der Waals surface area contributed by atoms with Crippen LogP contribution in [0.2, 0.25) is 0 Å². The molecule has 36 heavy (non-hydrogen) atoms. The minimum atomic E-state index is -2.30. The van der Waals surface area contributed by atoms with Crippen LogP contribution in [0.5, 0.6) is 11.5 Å². The smallest absolute Gasteiger partial charge is 0.612 e. The Morgan fingerprint density at radius 2 is 1.17 bits per heavy atom. The number of pyridine rings is 2. The van der Waals surface area contributed by atoms with E-state index in [1.165, 1.54) is 5.56 Å². The molecule has 4 aromatic carbocycles. The highest BCUT2D eigenvalue weighted by Gasteiger charge is 2.34. The van der Waals surface area contributed by atoms with Gasteiger partial charge in [0.15, 0.2) is 0 Å². The molecular weight excluding hydrogens is 459 g/mol. The van der Waals surface area contributed by atoms with E-state index >= 15 is 0 Å². The zero-order valence-corrected chi connectivity index (χ0v) is 20.8. The molecule has 0 unspecified atom stereocenters. The first-order valence-corrected chi connectivity index (χ1v) is 13.7. The van der Waals surface area contributed by atoms with Crippen LogP contribution < -0.4 is 7.58 Å². The summed E-state index contributed by atoms with van der Waals surface area (Å²) in [5, 5.41) is 2.82. The van der Waals surface area contributed by atoms with Gasteiger partial charge in [-0.05, 0) is 47.0 Å². The summed E-state index contributed by atoms with van der Waals surface area (Å²) in [5.41, 5.74) is 5.28. The van der Waals surface area contributed by atoms with Gasteiger partial charge in [0.25, 0.3) is 0 Å². The molecule has 0 aliphatic carbocycles. The average Bonchev–Trinajstić information content (AvgIpc) is 2.94. The van der Waals surface area contributed by atoms with Crippen LogP contribution >= 0.6 is 0 Å². The van der Waals surface area contributed by atoms with Crippen LogP contribution in [-0.2, 0) is 5.28 Å². The first-order valence-electron chi connectivity index (χ1n) is 12.0. The first-order chi connectivity index (χ1) is 17.8. The molecule has 6 aromatic rings. The molecule has 2 aromatic heterocycles. The summed E-state index contributed by atoms with van der Waals surface area (Å²) in [7, 11) is 0. The first kappa shape index (κ1) is 22.3. The predicted octanol–water partition coefficient (Wildman–Crippen LogP) is 7.18. The third-order valence-corrected chi connectivity index (χ3v) is 8.01. The highest BCUT2D eigenvalue weighted by Crippen LogP contribution is 2.27. The van der Waals surface area contributed by atoms with Gasteiger partial charge in [-0.2, -0.15) is 0 Å². The molecule has 0 N–H and O–H groups in total. The molecule has 0 bridgehead atoms. The van der Waals surface area contributed by atoms with E-state index in [2.05, 4.69) is 58.5 Å². The van der Waals surface area contributed by atoms with E-state index in [0.717, 1.165) is 44.4 Å². The van der Waals surface area contributed by atoms with Crippen molar-refractivity contribution in [3.63, 3.8) is 0 Å². The van der Waals surface area contributed by atoms with Crippen molar-refractivity contribution in [2.45, 2.75) is 5.28 Å². The number of hydrogen-bond donors (Lipinski definition) is 0. The number of hydrogen-bond acceptors (Lipinski definition) is 4. The Morgan fingerprint density at radius 1 is 0.528 bits per heavy atom. The summed E-state index contributed by atoms with van der Waals surface area (Å²) in [6.45, 7) is 0. The Labute approximate surface area is 214 Å². The normalized spacial score (nSPS) is 10.9. The predicted molar refractivity (Wildman–Crippen MR) is 146 cm³/mol. The largest absolute Gasteiger partial charge is 0.861 e. The Morgan fingerprint density at radius 3 is 1.94 bits per heavy atom. The molecule has 0 fully saturated rings. The average molecular weight is 483 g/mol. The molecular formula is C31H23AlN2O2. The number of rotatable bonds is 7. The third-order valence-electron chi connectivity index (χ3n) is 6.19. The van der Waals surface area contributed by atoms with Crippen molar-refractivity contribution in [2.75, 3.05) is 0 Å². The van der Waals surface area contributed by atoms with E-state index in [9.17, 15) is 0 Å². The number of fused-ring (bicyclic) bond motifs is 2. The lowest BCUT2D eigenvalue weighted by atomic mass is 10.1. The van der Waals surface area contributed by atoms with Gasteiger partial charge in [-0.25, -0.2) is 0 Å². The maximum absolute atomic E-state index is 6.63. The van der Waals surface area contributed by atoms with Gasteiger partial charge in [0.05, 0.1) is 11.3 Å². The van der Waals surface area contributed by atoms with Crippen molar-refractivity contribution < 1.29 is 7.58 Å². The fourth-order valence-corrected chi connectivity index (χ4v) is 6.28. The number of benzene rings is 4. The second-order valence-electron chi connectivity index (χ2n) is 8.58.